The van der Waals surface area contributed by atoms with Crippen molar-refractivity contribution in [3.05, 3.63) is 156 Å². The van der Waals surface area contributed by atoms with Gasteiger partial charge in [0.05, 0.1) is 17.7 Å². The molecular weight excluding hydrogens is 721 g/mol. The van der Waals surface area contributed by atoms with Crippen LogP contribution in [0.3, 0.4) is 0 Å². The lowest BCUT2D eigenvalue weighted by atomic mass is 9.84. The van der Waals surface area contributed by atoms with Gasteiger partial charge in [-0.3, -0.25) is 4.57 Å². The zero-order valence-electron chi connectivity index (χ0n) is 36.9. The number of benzene rings is 5. The van der Waals surface area contributed by atoms with Gasteiger partial charge in [0.2, 0.25) is 0 Å². The quantitative estimate of drug-likeness (QED) is 0.154. The van der Waals surface area contributed by atoms with Crippen LogP contribution in [0.4, 0.5) is 11.4 Å². The number of allylic oxidation sites excluding steroid dienone is 1. The van der Waals surface area contributed by atoms with Gasteiger partial charge in [0, 0.05) is 57.8 Å². The number of aromatic nitrogens is 2. The molecule has 0 N–H and O–H groups in total. The van der Waals surface area contributed by atoms with Crippen LogP contribution in [0.5, 0.6) is 11.5 Å². The van der Waals surface area contributed by atoms with Gasteiger partial charge in [-0.15, -0.1) is 0 Å². The molecule has 0 aliphatic carbocycles. The topological polar surface area (TPSA) is 33.5 Å². The molecule has 0 bridgehead atoms. The molecule has 5 heteroatoms. The Hall–Kier alpha value is -5.81. The van der Waals surface area contributed by atoms with E-state index in [1.54, 1.807) is 0 Å². The minimum Gasteiger partial charge on any atom is -0.457 e. The van der Waals surface area contributed by atoms with Gasteiger partial charge in [-0.05, 0) is 106 Å². The number of pyridine rings is 1. The molecule has 0 saturated heterocycles. The van der Waals surface area contributed by atoms with Gasteiger partial charge in [-0.1, -0.05) is 131 Å². The highest BCUT2D eigenvalue weighted by Crippen LogP contribution is 2.43. The molecule has 0 radical (unpaired) electrons. The van der Waals surface area contributed by atoms with Crippen LogP contribution in [-0.4, -0.2) is 16.2 Å². The number of hydrogen-bond acceptors (Lipinski definition) is 4. The normalized spacial score (nSPS) is 13.9. The van der Waals surface area contributed by atoms with Crippen molar-refractivity contribution in [3.63, 3.8) is 0 Å². The lowest BCUT2D eigenvalue weighted by Crippen LogP contribution is -2.30. The Kier molecular flexibility index (Phi) is 10.2. The smallest absolute Gasteiger partial charge is 0.137 e. The maximum Gasteiger partial charge on any atom is 0.137 e. The summed E-state index contributed by atoms with van der Waals surface area (Å²) < 4.78 is 9.24. The van der Waals surface area contributed by atoms with Crippen molar-refractivity contribution in [2.75, 3.05) is 16.5 Å². The molecule has 302 valence electrons. The van der Waals surface area contributed by atoms with Crippen LogP contribution in [0.15, 0.2) is 139 Å². The van der Waals surface area contributed by atoms with E-state index in [2.05, 4.69) is 218 Å². The highest BCUT2D eigenvalue weighted by molar-refractivity contribution is 6.09. The Balaban J connectivity index is 1.23. The summed E-state index contributed by atoms with van der Waals surface area (Å²) >= 11 is 0. The summed E-state index contributed by atoms with van der Waals surface area (Å²) in [5.41, 5.74) is 11.9. The van der Waals surface area contributed by atoms with E-state index in [1.807, 2.05) is 6.20 Å². The van der Waals surface area contributed by atoms with Crippen LogP contribution in [-0.2, 0) is 17.3 Å². The van der Waals surface area contributed by atoms with Gasteiger partial charge >= 0.3 is 0 Å². The van der Waals surface area contributed by atoms with Crippen molar-refractivity contribution in [2.45, 2.75) is 93.4 Å². The summed E-state index contributed by atoms with van der Waals surface area (Å²) in [5.74, 6) is 3.04. The summed E-state index contributed by atoms with van der Waals surface area (Å²) in [6.07, 6.45) is 5.35. The third kappa shape index (κ3) is 8.26. The molecule has 1 aliphatic rings. The maximum absolute atomic E-state index is 6.96. The third-order valence-electron chi connectivity index (χ3n) is 11.5. The Bertz CT molecular complexity index is 2680. The second kappa shape index (κ2) is 15.1. The summed E-state index contributed by atoms with van der Waals surface area (Å²) in [4.78, 5) is 9.81. The van der Waals surface area contributed by atoms with Crippen molar-refractivity contribution in [2.24, 2.45) is 11.3 Å². The van der Waals surface area contributed by atoms with E-state index >= 15 is 0 Å². The second-order valence-electron chi connectivity index (χ2n) is 19.9. The zero-order valence-corrected chi connectivity index (χ0v) is 36.9. The summed E-state index contributed by atoms with van der Waals surface area (Å²) in [6, 6.07) is 43.9. The zero-order chi connectivity index (χ0) is 41.9. The van der Waals surface area contributed by atoms with Crippen LogP contribution >= 0.6 is 0 Å². The number of para-hydroxylation sites is 1. The van der Waals surface area contributed by atoms with E-state index in [0.717, 1.165) is 51.6 Å². The van der Waals surface area contributed by atoms with E-state index in [9.17, 15) is 0 Å². The molecule has 0 spiro atoms. The molecule has 0 unspecified atom stereocenters. The Morgan fingerprint density at radius 3 is 2.02 bits per heavy atom. The molecule has 2 aromatic heterocycles. The van der Waals surface area contributed by atoms with Crippen LogP contribution in [0.25, 0.3) is 38.8 Å². The first-order chi connectivity index (χ1) is 27.9. The first-order valence-electron chi connectivity index (χ1n) is 21.2. The Morgan fingerprint density at radius 2 is 1.31 bits per heavy atom. The maximum atomic E-state index is 6.96. The standard InChI is InChI=1S/C54H60N4O/c1-36(2)25-37-26-41(53(6,7)8)30-42(27-37)56-34-50(54(9,10)11)57(35-56)43-28-39(38-17-13-12-14-18-38)29-45(32-43)59-44-21-22-47-46-19-15-16-20-48(46)58(49(47)33-44)51-31-40(23-24-55-51)52(3,4)5/h12-24,26-34,36H,25,35H2,1-11H3. The van der Waals surface area contributed by atoms with E-state index < -0.39 is 0 Å². The Morgan fingerprint density at radius 1 is 0.593 bits per heavy atom. The van der Waals surface area contributed by atoms with E-state index in [4.69, 9.17) is 9.72 Å². The van der Waals surface area contributed by atoms with E-state index in [0.29, 0.717) is 12.6 Å². The van der Waals surface area contributed by atoms with Crippen molar-refractivity contribution in [1.29, 1.82) is 0 Å². The fourth-order valence-electron chi connectivity index (χ4n) is 8.32. The van der Waals surface area contributed by atoms with Crippen LogP contribution < -0.4 is 14.5 Å². The highest BCUT2D eigenvalue weighted by Gasteiger charge is 2.32. The molecule has 8 rings (SSSR count). The largest absolute Gasteiger partial charge is 0.457 e. The minimum absolute atomic E-state index is 0.00617. The van der Waals surface area contributed by atoms with Crippen LogP contribution in [0, 0.1) is 11.3 Å². The molecule has 1 aliphatic heterocycles. The molecule has 3 heterocycles. The van der Waals surface area contributed by atoms with Gasteiger partial charge in [-0.2, -0.15) is 0 Å². The molecular formula is C54H60N4O. The number of fused-ring (bicyclic) bond motifs is 3. The Labute approximate surface area is 352 Å². The van der Waals surface area contributed by atoms with Crippen LogP contribution in [0.1, 0.15) is 92.9 Å². The lowest BCUT2D eigenvalue weighted by molar-refractivity contribution is 0.481. The predicted molar refractivity (Wildman–Crippen MR) is 250 cm³/mol. The van der Waals surface area contributed by atoms with E-state index in [1.165, 1.54) is 38.8 Å². The number of ether oxygens (including phenoxy) is 1. The summed E-state index contributed by atoms with van der Waals surface area (Å²) in [7, 11) is 0. The first-order valence-corrected chi connectivity index (χ1v) is 21.2. The molecule has 5 nitrogen and oxygen atoms in total. The molecule has 0 fully saturated rings. The van der Waals surface area contributed by atoms with Gasteiger partial charge in [-0.25, -0.2) is 4.98 Å². The highest BCUT2D eigenvalue weighted by atomic mass is 16.5. The molecule has 59 heavy (non-hydrogen) atoms. The lowest BCUT2D eigenvalue weighted by Gasteiger charge is -2.31. The molecule has 0 saturated carbocycles. The number of hydrogen-bond donors (Lipinski definition) is 0. The summed E-state index contributed by atoms with van der Waals surface area (Å²) in [6.45, 7) is 25.9. The monoisotopic (exact) mass is 780 g/mol. The van der Waals surface area contributed by atoms with Gasteiger partial charge in [0.25, 0.3) is 0 Å². The average Bonchev–Trinajstić information content (AvgIpc) is 3.78. The third-order valence-corrected chi connectivity index (χ3v) is 11.5. The van der Waals surface area contributed by atoms with Gasteiger partial charge < -0.3 is 14.5 Å². The van der Waals surface area contributed by atoms with Crippen molar-refractivity contribution < 1.29 is 4.74 Å². The fraction of sp³-hybridized carbons (Fsp3) is 0.315. The fourth-order valence-corrected chi connectivity index (χ4v) is 8.32. The van der Waals surface area contributed by atoms with E-state index in [-0.39, 0.29) is 16.2 Å². The summed E-state index contributed by atoms with van der Waals surface area (Å²) in [5, 5.41) is 2.36. The van der Waals surface area contributed by atoms with Crippen LogP contribution in [0.2, 0.25) is 0 Å². The molecule has 0 atom stereocenters. The van der Waals surface area contributed by atoms with Gasteiger partial charge in [0.15, 0.2) is 0 Å². The molecule has 0 amide bonds. The first kappa shape index (κ1) is 40.0. The number of rotatable bonds is 8. The average molecular weight is 781 g/mol. The van der Waals surface area contributed by atoms with Crippen molar-refractivity contribution in [1.82, 2.24) is 9.55 Å². The second-order valence-corrected chi connectivity index (χ2v) is 19.9. The predicted octanol–water partition coefficient (Wildman–Crippen LogP) is 14.6. The molecule has 5 aromatic carbocycles. The minimum atomic E-state index is -0.113. The molecule has 7 aromatic rings. The number of anilines is 2. The van der Waals surface area contributed by atoms with Gasteiger partial charge in [0.1, 0.15) is 17.3 Å². The van der Waals surface area contributed by atoms with Crippen molar-refractivity contribution >= 4 is 33.2 Å². The SMILES string of the molecule is CC(C)Cc1cc(N2C=C(C(C)(C)C)N(c3cc(Oc4ccc5c6ccccc6n(-c6cc(C(C)(C)C)ccn6)c5c4)cc(-c4ccccc4)c3)C2)cc(C(C)(C)C)c1. The van der Waals surface area contributed by atoms with Crippen molar-refractivity contribution in [3.8, 4) is 28.4 Å². The number of nitrogens with zero attached hydrogens (tertiary/aromatic N) is 4.